The van der Waals surface area contributed by atoms with E-state index in [9.17, 15) is 26.3 Å². The third kappa shape index (κ3) is 9.52. The van der Waals surface area contributed by atoms with Gasteiger partial charge < -0.3 is 14.0 Å². The molecule has 0 spiro atoms. The molecule has 0 aliphatic carbocycles. The summed E-state index contributed by atoms with van der Waals surface area (Å²) in [5.74, 6) is 0.982. The van der Waals surface area contributed by atoms with Crippen LogP contribution in [-0.4, -0.2) is 14.5 Å². The zero-order chi connectivity index (χ0) is 48.9. The Bertz CT molecular complexity index is 3640. The first kappa shape index (κ1) is 48.7. The average molecular weight is 1130 g/mol. The summed E-state index contributed by atoms with van der Waals surface area (Å²) >= 11 is 0. The maximum Gasteiger partial charge on any atom is 0.416 e. The number of hydrogen-bond acceptors (Lipinski definition) is 3. The van der Waals surface area contributed by atoms with Crippen molar-refractivity contribution < 1.29 is 50.9 Å². The van der Waals surface area contributed by atoms with Crippen LogP contribution in [0.2, 0.25) is 0 Å². The molecule has 0 saturated heterocycles. The molecule has 1 radical (unpaired) electrons. The summed E-state index contributed by atoms with van der Waals surface area (Å²) in [6, 6.07) is 57.7. The van der Waals surface area contributed by atoms with Gasteiger partial charge in [-0.15, -0.1) is 48.0 Å². The molecule has 11 rings (SSSR count). The Morgan fingerprint density at radius 1 is 0.549 bits per heavy atom. The van der Waals surface area contributed by atoms with E-state index < -0.39 is 23.5 Å². The van der Waals surface area contributed by atoms with Gasteiger partial charge in [-0.05, 0) is 104 Å². The number of rotatable bonds is 7. The summed E-state index contributed by atoms with van der Waals surface area (Å²) in [4.78, 5) is 9.26. The van der Waals surface area contributed by atoms with Crippen LogP contribution in [0.4, 0.5) is 26.3 Å². The van der Waals surface area contributed by atoms with Crippen molar-refractivity contribution in [3.05, 3.63) is 210 Å². The molecule has 357 valence electrons. The van der Waals surface area contributed by atoms with Gasteiger partial charge in [0.05, 0.1) is 28.0 Å². The minimum Gasteiger partial charge on any atom is -0.500 e. The Morgan fingerprint density at radius 3 is 1.79 bits per heavy atom. The molecular formula is C60H43F6IrN3O-2. The van der Waals surface area contributed by atoms with Gasteiger partial charge in [-0.3, -0.25) is 4.98 Å². The first-order chi connectivity index (χ1) is 33.6. The molecule has 0 aliphatic heterocycles. The van der Waals surface area contributed by atoms with E-state index >= 15 is 0 Å². The average Bonchev–Trinajstić information content (AvgIpc) is 3.95. The summed E-state index contributed by atoms with van der Waals surface area (Å²) in [5.41, 5.74) is 11.1. The summed E-state index contributed by atoms with van der Waals surface area (Å²) in [6.45, 7) is 8.87. The second kappa shape index (κ2) is 19.5. The van der Waals surface area contributed by atoms with Crippen molar-refractivity contribution in [2.24, 2.45) is 0 Å². The number of hydrogen-bond donors (Lipinski definition) is 0. The molecule has 0 atom stereocenters. The Labute approximate surface area is 420 Å². The van der Waals surface area contributed by atoms with Crippen LogP contribution >= 0.6 is 0 Å². The Morgan fingerprint density at radius 2 is 1.15 bits per heavy atom. The minimum atomic E-state index is -4.48. The number of benzene rings is 8. The fourth-order valence-corrected chi connectivity index (χ4v) is 9.03. The Hall–Kier alpha value is -7.33. The van der Waals surface area contributed by atoms with Gasteiger partial charge in [-0.2, -0.15) is 26.3 Å². The standard InChI is InChI=1S/C48H36F3N2O.C12H7F3N.Ir/c1-28(2)39-25-34(32-19-17-31(18-20-32)30-11-6-5-7-12-30)26-40(29(3)4)44(39)53-43-16-9-8-15-42(43)52-47(53)38-14-10-13-36-37-24-22-33-21-23-35(48(49,50)51)27-41(33)46(37)54-45(36)38;13-12(14,15)10-6-4-9(5-7-10)11-3-1-2-8-16-11;/h5-13,15-29H,1-4H3;1-4,6-8H;/q2*-1;. The van der Waals surface area contributed by atoms with Gasteiger partial charge in [0, 0.05) is 42.8 Å². The van der Waals surface area contributed by atoms with Crippen LogP contribution in [0.3, 0.4) is 0 Å². The molecule has 11 heteroatoms. The molecule has 0 bridgehead atoms. The van der Waals surface area contributed by atoms with Crippen molar-refractivity contribution in [2.45, 2.75) is 51.9 Å². The SMILES string of the molecule is CC(C)c1cc(-c2ccc(-c3ccccc3)cc2)cc(C(C)C)c1-n1c(-c2[c-]ccc3c2oc2c4cc(C(F)(F)F)ccc4ccc32)nc2ccccc21.FC(F)(F)c1c[c-]c(-c2ccccn2)cc1.[Ir]. The van der Waals surface area contributed by atoms with Gasteiger partial charge in [0.15, 0.2) is 0 Å². The minimum absolute atomic E-state index is 0. The van der Waals surface area contributed by atoms with Crippen LogP contribution < -0.4 is 0 Å². The molecule has 71 heavy (non-hydrogen) atoms. The molecule has 3 heterocycles. The van der Waals surface area contributed by atoms with Crippen molar-refractivity contribution >= 4 is 43.7 Å². The number of furan rings is 1. The van der Waals surface area contributed by atoms with Crippen molar-refractivity contribution in [1.29, 1.82) is 0 Å². The number of imidazole rings is 1. The molecule has 0 amide bonds. The molecule has 0 saturated carbocycles. The molecule has 11 aromatic rings. The van der Waals surface area contributed by atoms with Gasteiger partial charge in [0.25, 0.3) is 0 Å². The number of fused-ring (bicyclic) bond motifs is 6. The number of halogens is 6. The predicted octanol–water partition coefficient (Wildman–Crippen LogP) is 17.7. The van der Waals surface area contributed by atoms with Gasteiger partial charge >= 0.3 is 12.4 Å². The van der Waals surface area contributed by atoms with E-state index in [1.165, 1.54) is 40.5 Å². The van der Waals surface area contributed by atoms with Gasteiger partial charge in [0.2, 0.25) is 0 Å². The maximum atomic E-state index is 13.8. The number of nitrogens with zero attached hydrogens (tertiary/aromatic N) is 3. The Balaban J connectivity index is 0.000000313. The molecule has 0 N–H and O–H groups in total. The molecule has 0 aliphatic rings. The van der Waals surface area contributed by atoms with Crippen molar-refractivity contribution in [3.8, 4) is 50.6 Å². The smallest absolute Gasteiger partial charge is 0.416 e. The van der Waals surface area contributed by atoms with Crippen molar-refractivity contribution in [2.75, 3.05) is 0 Å². The normalized spacial score (nSPS) is 11.9. The van der Waals surface area contributed by atoms with E-state index in [0.29, 0.717) is 44.6 Å². The van der Waals surface area contributed by atoms with Crippen molar-refractivity contribution in [1.82, 2.24) is 14.5 Å². The van der Waals surface area contributed by atoms with Crippen LogP contribution in [-0.2, 0) is 32.5 Å². The summed E-state index contributed by atoms with van der Waals surface area (Å²) in [5, 5.41) is 2.61. The number of para-hydroxylation sites is 2. The third-order valence-electron chi connectivity index (χ3n) is 12.6. The van der Waals surface area contributed by atoms with Crippen LogP contribution in [0.25, 0.3) is 94.3 Å². The van der Waals surface area contributed by atoms with Gasteiger partial charge in [0.1, 0.15) is 5.58 Å². The van der Waals surface area contributed by atoms with Crippen LogP contribution in [0.5, 0.6) is 0 Å². The van der Waals surface area contributed by atoms with Crippen LogP contribution in [0, 0.1) is 12.1 Å². The largest absolute Gasteiger partial charge is 0.500 e. The van der Waals surface area contributed by atoms with E-state index in [1.807, 2.05) is 48.5 Å². The predicted molar refractivity (Wildman–Crippen MR) is 268 cm³/mol. The Kier molecular flexibility index (Phi) is 13.3. The molecule has 3 aromatic heterocycles. The van der Waals surface area contributed by atoms with E-state index in [4.69, 9.17) is 9.40 Å². The molecule has 0 unspecified atom stereocenters. The van der Waals surface area contributed by atoms with Crippen molar-refractivity contribution in [3.63, 3.8) is 0 Å². The molecule has 4 nitrogen and oxygen atoms in total. The third-order valence-corrected chi connectivity index (χ3v) is 12.6. The zero-order valence-electron chi connectivity index (χ0n) is 38.7. The summed E-state index contributed by atoms with van der Waals surface area (Å²) < 4.78 is 87.3. The number of aromatic nitrogens is 3. The zero-order valence-corrected chi connectivity index (χ0v) is 41.1. The van der Waals surface area contributed by atoms with Crippen LogP contribution in [0.1, 0.15) is 61.8 Å². The maximum absolute atomic E-state index is 13.8. The number of pyridine rings is 1. The van der Waals surface area contributed by atoms with Gasteiger partial charge in [-0.1, -0.05) is 136 Å². The van der Waals surface area contributed by atoms with Gasteiger partial charge in [-0.25, -0.2) is 0 Å². The van der Waals surface area contributed by atoms with E-state index in [2.05, 4.69) is 116 Å². The first-order valence-corrected chi connectivity index (χ1v) is 22.8. The fraction of sp³-hybridized carbons (Fsp3) is 0.133. The van der Waals surface area contributed by atoms with E-state index in [0.717, 1.165) is 56.8 Å². The quantitative estimate of drug-likeness (QED) is 0.118. The van der Waals surface area contributed by atoms with E-state index in [1.54, 1.807) is 24.4 Å². The fourth-order valence-electron chi connectivity index (χ4n) is 9.03. The molecular weight excluding hydrogens is 1080 g/mol. The monoisotopic (exact) mass is 1130 g/mol. The summed E-state index contributed by atoms with van der Waals surface area (Å²) in [7, 11) is 0. The second-order valence-corrected chi connectivity index (χ2v) is 17.8. The van der Waals surface area contributed by atoms with E-state index in [-0.39, 0.29) is 31.9 Å². The second-order valence-electron chi connectivity index (χ2n) is 17.8. The molecule has 8 aromatic carbocycles. The van der Waals surface area contributed by atoms with Crippen LogP contribution in [0.15, 0.2) is 180 Å². The molecule has 0 fully saturated rings. The first-order valence-electron chi connectivity index (χ1n) is 22.8. The summed E-state index contributed by atoms with van der Waals surface area (Å²) in [6.07, 6.45) is -7.21. The topological polar surface area (TPSA) is 43.9 Å². The number of alkyl halides is 6.